The lowest BCUT2D eigenvalue weighted by Gasteiger charge is -2.37. The van der Waals surface area contributed by atoms with E-state index in [4.69, 9.17) is 9.79 Å². The van der Waals surface area contributed by atoms with Crippen LogP contribution in [0.15, 0.2) is 24.3 Å². The van der Waals surface area contributed by atoms with Gasteiger partial charge in [0.05, 0.1) is 12.7 Å². The summed E-state index contributed by atoms with van der Waals surface area (Å²) >= 11 is 0. The van der Waals surface area contributed by atoms with Crippen molar-refractivity contribution in [1.29, 1.82) is 5.26 Å². The molecule has 3 nitrogen and oxygen atoms in total. The fourth-order valence-electron chi connectivity index (χ4n) is 2.26. The molecule has 1 unspecified atom stereocenters. The first-order chi connectivity index (χ1) is 9.06. The van der Waals surface area contributed by atoms with Gasteiger partial charge in [-0.05, 0) is 27.7 Å². The quantitative estimate of drug-likeness (QED) is 0.628. The summed E-state index contributed by atoms with van der Waals surface area (Å²) in [5, 5.41) is 8.82. The molecule has 0 saturated carbocycles. The second-order valence-corrected chi connectivity index (χ2v) is 7.15. The van der Waals surface area contributed by atoms with Crippen molar-refractivity contribution in [2.45, 2.75) is 46.2 Å². The van der Waals surface area contributed by atoms with Crippen molar-refractivity contribution >= 4 is 8.30 Å². The highest BCUT2D eigenvalue weighted by Gasteiger charge is 2.25. The molecule has 0 N–H and O–H groups in total. The van der Waals surface area contributed by atoms with E-state index in [1.807, 2.05) is 0 Å². The van der Waals surface area contributed by atoms with Crippen LogP contribution in [0.1, 0.15) is 34.1 Å². The van der Waals surface area contributed by atoms with E-state index in [-0.39, 0.29) is 0 Å². The molecule has 0 aromatic heterocycles. The Hall–Kier alpha value is -0.680. The zero-order valence-corrected chi connectivity index (χ0v) is 13.3. The Morgan fingerprint density at radius 1 is 1.21 bits per heavy atom. The molecule has 0 spiro atoms. The summed E-state index contributed by atoms with van der Waals surface area (Å²) in [7, 11) is -0.682. The average molecular weight is 280 g/mol. The molecule has 1 atom stereocenters. The summed E-state index contributed by atoms with van der Waals surface area (Å²) in [5.41, 5.74) is 0. The lowest BCUT2D eigenvalue weighted by atomic mass is 10.2. The predicted molar refractivity (Wildman–Crippen MR) is 81.9 cm³/mol. The van der Waals surface area contributed by atoms with Gasteiger partial charge in [-0.3, -0.25) is 4.67 Å². The first-order valence-corrected chi connectivity index (χ1v) is 8.36. The van der Waals surface area contributed by atoms with E-state index >= 15 is 0 Å². The maximum Gasteiger partial charge on any atom is 0.105 e. The molecule has 0 amide bonds. The first kappa shape index (κ1) is 16.4. The van der Waals surface area contributed by atoms with Crippen molar-refractivity contribution in [3.63, 3.8) is 0 Å². The van der Waals surface area contributed by atoms with Crippen LogP contribution in [-0.2, 0) is 4.52 Å². The lowest BCUT2D eigenvalue weighted by Crippen LogP contribution is -2.34. The molecular weight excluding hydrogens is 255 g/mol. The van der Waals surface area contributed by atoms with Crippen LogP contribution in [0.3, 0.4) is 0 Å². The summed E-state index contributed by atoms with van der Waals surface area (Å²) in [6.07, 6.45) is 9.85. The molecule has 1 aliphatic rings. The number of rotatable bonds is 8. The molecular formula is C15H25N2OP. The highest BCUT2D eigenvalue weighted by atomic mass is 31.2. The zero-order valence-electron chi connectivity index (χ0n) is 12.4. The first-order valence-electron chi connectivity index (χ1n) is 6.97. The second kappa shape index (κ2) is 8.48. The molecule has 1 rings (SSSR count). The van der Waals surface area contributed by atoms with E-state index in [0.717, 1.165) is 12.8 Å². The molecule has 1 aliphatic carbocycles. The minimum atomic E-state index is -0.682. The molecule has 0 aliphatic heterocycles. The van der Waals surface area contributed by atoms with Crippen LogP contribution in [0.25, 0.3) is 0 Å². The fourth-order valence-corrected chi connectivity index (χ4v) is 4.42. The van der Waals surface area contributed by atoms with E-state index in [2.05, 4.69) is 62.7 Å². The van der Waals surface area contributed by atoms with Crippen LogP contribution in [0.2, 0.25) is 0 Å². The minimum absolute atomic E-state index is 0.397. The molecule has 0 heterocycles. The Labute approximate surface area is 118 Å². The number of nitrogens with zero attached hydrogens (tertiary/aromatic N) is 2. The van der Waals surface area contributed by atoms with E-state index in [9.17, 15) is 0 Å². The van der Waals surface area contributed by atoms with Crippen molar-refractivity contribution in [3.8, 4) is 6.07 Å². The Balaban J connectivity index is 2.60. The van der Waals surface area contributed by atoms with Crippen LogP contribution < -0.4 is 0 Å². The number of hydrogen-bond donors (Lipinski definition) is 0. The summed E-state index contributed by atoms with van der Waals surface area (Å²) in [5.74, 6) is 0.397. The Morgan fingerprint density at radius 2 is 1.79 bits per heavy atom. The van der Waals surface area contributed by atoms with Crippen LogP contribution in [0, 0.1) is 17.2 Å². The smallest absolute Gasteiger partial charge is 0.105 e. The van der Waals surface area contributed by atoms with Crippen molar-refractivity contribution in [3.05, 3.63) is 24.3 Å². The molecule has 0 fully saturated rings. The van der Waals surface area contributed by atoms with Crippen LogP contribution >= 0.6 is 8.30 Å². The molecule has 0 aromatic rings. The normalized spacial score (nSPS) is 16.7. The number of allylic oxidation sites excluding steroid dienone is 2. The van der Waals surface area contributed by atoms with Gasteiger partial charge in [-0.15, -0.1) is 0 Å². The van der Waals surface area contributed by atoms with Gasteiger partial charge in [0.1, 0.15) is 8.30 Å². The molecule has 0 aromatic carbocycles. The zero-order chi connectivity index (χ0) is 14.3. The van der Waals surface area contributed by atoms with Crippen molar-refractivity contribution < 1.29 is 4.52 Å². The molecule has 4 heteroatoms. The van der Waals surface area contributed by atoms with Gasteiger partial charge in [-0.25, -0.2) is 0 Å². The Kier molecular flexibility index (Phi) is 7.31. The topological polar surface area (TPSA) is 36.3 Å². The summed E-state index contributed by atoms with van der Waals surface area (Å²) in [6, 6.07) is 3.13. The molecule has 0 saturated heterocycles. The van der Waals surface area contributed by atoms with Gasteiger partial charge in [-0.1, -0.05) is 24.3 Å². The van der Waals surface area contributed by atoms with E-state index < -0.39 is 8.30 Å². The summed E-state index contributed by atoms with van der Waals surface area (Å²) < 4.78 is 8.56. The van der Waals surface area contributed by atoms with Crippen molar-refractivity contribution in [2.75, 3.05) is 12.8 Å². The van der Waals surface area contributed by atoms with Gasteiger partial charge in [0.25, 0.3) is 0 Å². The molecule has 0 radical (unpaired) electrons. The summed E-state index contributed by atoms with van der Waals surface area (Å²) in [6.45, 7) is 9.50. The highest BCUT2D eigenvalue weighted by molar-refractivity contribution is 7.50. The van der Waals surface area contributed by atoms with Gasteiger partial charge in [0.2, 0.25) is 0 Å². The van der Waals surface area contributed by atoms with Crippen molar-refractivity contribution in [2.24, 2.45) is 5.92 Å². The standard InChI is InChI=1S/C15H25N2OP/c1-13(2)17(14(3)4)19(11-7-10-16)18-12-15-8-5-6-9-15/h5-6,8-9,13-15H,7,11-12H2,1-4H3. The van der Waals surface area contributed by atoms with Gasteiger partial charge in [-0.2, -0.15) is 5.26 Å². The van der Waals surface area contributed by atoms with Gasteiger partial charge < -0.3 is 4.52 Å². The lowest BCUT2D eigenvalue weighted by molar-refractivity contribution is 0.246. The van der Waals surface area contributed by atoms with Gasteiger partial charge in [0, 0.05) is 30.6 Å². The Morgan fingerprint density at radius 3 is 2.26 bits per heavy atom. The SMILES string of the molecule is CC(C)N(C(C)C)P(CCC#N)OCC1C=CC=C1. The largest absolute Gasteiger partial charge is 0.343 e. The van der Waals surface area contributed by atoms with E-state index in [1.165, 1.54) is 0 Å². The minimum Gasteiger partial charge on any atom is -0.343 e. The summed E-state index contributed by atoms with van der Waals surface area (Å²) in [4.78, 5) is 0. The van der Waals surface area contributed by atoms with Crippen molar-refractivity contribution in [1.82, 2.24) is 4.67 Å². The van der Waals surface area contributed by atoms with E-state index in [0.29, 0.717) is 24.4 Å². The predicted octanol–water partition coefficient (Wildman–Crippen LogP) is 4.09. The average Bonchev–Trinajstić information content (AvgIpc) is 2.84. The fraction of sp³-hybridized carbons (Fsp3) is 0.667. The maximum atomic E-state index is 8.82. The van der Waals surface area contributed by atoms with Crippen LogP contribution in [-0.4, -0.2) is 29.5 Å². The number of hydrogen-bond acceptors (Lipinski definition) is 3. The van der Waals surface area contributed by atoms with E-state index in [1.54, 1.807) is 0 Å². The third-order valence-corrected chi connectivity index (χ3v) is 5.47. The maximum absolute atomic E-state index is 8.82. The van der Waals surface area contributed by atoms with Gasteiger partial charge >= 0.3 is 0 Å². The van der Waals surface area contributed by atoms with Crippen LogP contribution in [0.5, 0.6) is 0 Å². The molecule has 0 bridgehead atoms. The molecule has 106 valence electrons. The molecule has 19 heavy (non-hydrogen) atoms. The second-order valence-electron chi connectivity index (χ2n) is 5.28. The van der Waals surface area contributed by atoms with Crippen LogP contribution in [0.4, 0.5) is 0 Å². The number of nitriles is 1. The third kappa shape index (κ3) is 5.45. The Bertz CT molecular complexity index is 338. The third-order valence-electron chi connectivity index (χ3n) is 2.97. The highest BCUT2D eigenvalue weighted by Crippen LogP contribution is 2.45. The monoisotopic (exact) mass is 280 g/mol. The van der Waals surface area contributed by atoms with Gasteiger partial charge in [0.15, 0.2) is 0 Å².